The zero-order chi connectivity index (χ0) is 25.0. The van der Waals surface area contributed by atoms with Gasteiger partial charge < -0.3 is 14.8 Å². The molecular formula is C23H21F3N2O6. The summed E-state index contributed by atoms with van der Waals surface area (Å²) in [6.45, 7) is 1.71. The number of amides is 3. The zero-order valence-electron chi connectivity index (χ0n) is 18.3. The number of carbonyl (C=O) groups is 4. The first-order valence-corrected chi connectivity index (χ1v) is 10.2. The smallest absolute Gasteiger partial charge is 0.418 e. The van der Waals surface area contributed by atoms with Gasteiger partial charge in [0.05, 0.1) is 27.9 Å². The largest absolute Gasteiger partial charge is 0.449 e. The maximum Gasteiger partial charge on any atom is 0.418 e. The van der Waals surface area contributed by atoms with Crippen molar-refractivity contribution in [1.29, 1.82) is 0 Å². The summed E-state index contributed by atoms with van der Waals surface area (Å²) in [5, 5.41) is 2.11. The van der Waals surface area contributed by atoms with Crippen molar-refractivity contribution in [3.63, 3.8) is 0 Å². The van der Waals surface area contributed by atoms with Crippen LogP contribution >= 0.6 is 0 Å². The van der Waals surface area contributed by atoms with E-state index in [4.69, 9.17) is 9.47 Å². The number of benzene rings is 2. The van der Waals surface area contributed by atoms with E-state index in [0.29, 0.717) is 13.0 Å². The Morgan fingerprint density at radius 1 is 1.06 bits per heavy atom. The van der Waals surface area contributed by atoms with Gasteiger partial charge in [-0.3, -0.25) is 19.3 Å². The summed E-state index contributed by atoms with van der Waals surface area (Å²) in [5.74, 6) is -3.01. The van der Waals surface area contributed by atoms with E-state index in [1.807, 2.05) is 0 Å². The number of fused-ring (bicyclic) bond motifs is 1. The molecule has 0 spiro atoms. The van der Waals surface area contributed by atoms with Crippen LogP contribution in [0.1, 0.15) is 50.0 Å². The molecule has 3 rings (SSSR count). The lowest BCUT2D eigenvalue weighted by atomic mass is 10.1. The Morgan fingerprint density at radius 3 is 2.41 bits per heavy atom. The molecule has 0 radical (unpaired) electrons. The van der Waals surface area contributed by atoms with Crippen LogP contribution in [0.3, 0.4) is 0 Å². The van der Waals surface area contributed by atoms with Gasteiger partial charge >= 0.3 is 12.1 Å². The molecule has 1 aliphatic heterocycles. The van der Waals surface area contributed by atoms with Crippen LogP contribution in [-0.2, 0) is 20.4 Å². The van der Waals surface area contributed by atoms with E-state index in [2.05, 4.69) is 5.32 Å². The Bertz CT molecular complexity index is 1130. The van der Waals surface area contributed by atoms with E-state index < -0.39 is 47.2 Å². The molecule has 1 atom stereocenters. The van der Waals surface area contributed by atoms with Crippen LogP contribution in [0.15, 0.2) is 42.5 Å². The fourth-order valence-corrected chi connectivity index (χ4v) is 3.34. The molecule has 0 bridgehead atoms. The number of anilines is 1. The molecule has 1 heterocycles. The lowest BCUT2D eigenvalue weighted by Crippen LogP contribution is -2.31. The third-order valence-electron chi connectivity index (χ3n) is 5.08. The molecule has 0 fully saturated rings. The van der Waals surface area contributed by atoms with Crippen LogP contribution in [0.5, 0.6) is 0 Å². The SMILES string of the molecule is COCCCN1C(=O)c2ccc(C(=O)OC(C)C(=O)Nc3ccccc3C(F)(F)F)cc2C1=O. The Hall–Kier alpha value is -3.73. The van der Waals surface area contributed by atoms with E-state index in [0.717, 1.165) is 17.0 Å². The van der Waals surface area contributed by atoms with Gasteiger partial charge in [0.1, 0.15) is 0 Å². The third kappa shape index (κ3) is 5.25. The number of halogens is 3. The van der Waals surface area contributed by atoms with Crippen LogP contribution in [0, 0.1) is 0 Å². The number of esters is 1. The number of imide groups is 1. The van der Waals surface area contributed by atoms with Crippen LogP contribution < -0.4 is 5.32 Å². The number of ether oxygens (including phenoxy) is 2. The van der Waals surface area contributed by atoms with Crippen molar-refractivity contribution in [1.82, 2.24) is 4.90 Å². The molecule has 11 heteroatoms. The average Bonchev–Trinajstić information content (AvgIpc) is 3.03. The molecule has 8 nitrogen and oxygen atoms in total. The Kier molecular flexibility index (Phi) is 7.35. The van der Waals surface area contributed by atoms with E-state index in [1.165, 1.54) is 44.4 Å². The molecule has 3 amide bonds. The van der Waals surface area contributed by atoms with Gasteiger partial charge in [-0.15, -0.1) is 0 Å². The second-order valence-electron chi connectivity index (χ2n) is 7.45. The molecule has 180 valence electrons. The molecule has 0 saturated heterocycles. The van der Waals surface area contributed by atoms with Gasteiger partial charge in [-0.1, -0.05) is 12.1 Å². The number of carbonyl (C=O) groups excluding carboxylic acids is 4. The molecule has 1 unspecified atom stereocenters. The quantitative estimate of drug-likeness (QED) is 0.354. The van der Waals surface area contributed by atoms with Crippen molar-refractivity contribution in [3.05, 3.63) is 64.7 Å². The summed E-state index contributed by atoms with van der Waals surface area (Å²) in [4.78, 5) is 50.9. The number of methoxy groups -OCH3 is 1. The van der Waals surface area contributed by atoms with Crippen LogP contribution in [0.25, 0.3) is 0 Å². The first kappa shape index (κ1) is 24.9. The Morgan fingerprint density at radius 2 is 1.74 bits per heavy atom. The monoisotopic (exact) mass is 478 g/mol. The summed E-state index contributed by atoms with van der Waals surface area (Å²) >= 11 is 0. The minimum absolute atomic E-state index is 0.0214. The fraction of sp³-hybridized carbons (Fsp3) is 0.304. The molecule has 0 saturated carbocycles. The number of nitrogens with zero attached hydrogens (tertiary/aromatic N) is 1. The second-order valence-corrected chi connectivity index (χ2v) is 7.45. The van der Waals surface area contributed by atoms with Crippen molar-refractivity contribution in [3.8, 4) is 0 Å². The van der Waals surface area contributed by atoms with E-state index in [9.17, 15) is 32.3 Å². The van der Waals surface area contributed by atoms with Crippen molar-refractivity contribution in [2.24, 2.45) is 0 Å². The van der Waals surface area contributed by atoms with E-state index in [-0.39, 0.29) is 23.2 Å². The highest BCUT2D eigenvalue weighted by Crippen LogP contribution is 2.34. The van der Waals surface area contributed by atoms with Crippen molar-refractivity contribution < 1.29 is 41.8 Å². The number of alkyl halides is 3. The normalized spacial score (nSPS) is 14.1. The molecule has 2 aromatic carbocycles. The van der Waals surface area contributed by atoms with Crippen molar-refractivity contribution in [2.75, 3.05) is 25.6 Å². The first-order chi connectivity index (χ1) is 16.0. The standard InChI is InChI=1S/C23H21F3N2O6/c1-13(19(29)27-18-7-4-3-6-17(18)23(24,25)26)34-22(32)14-8-9-15-16(12-14)21(31)28(20(15)30)10-5-11-33-2/h3-4,6-9,12-13H,5,10-11H2,1-2H3,(H,27,29). The van der Waals surface area contributed by atoms with Crippen molar-refractivity contribution in [2.45, 2.75) is 25.6 Å². The molecule has 2 aromatic rings. The van der Waals surface area contributed by atoms with Gasteiger partial charge in [0.2, 0.25) is 0 Å². The highest BCUT2D eigenvalue weighted by molar-refractivity contribution is 6.22. The van der Waals surface area contributed by atoms with Gasteiger partial charge in [0, 0.05) is 20.3 Å². The van der Waals surface area contributed by atoms with Gasteiger partial charge in [-0.05, 0) is 43.7 Å². The summed E-state index contributed by atoms with van der Waals surface area (Å²) < 4.78 is 49.3. The topological polar surface area (TPSA) is 102 Å². The zero-order valence-corrected chi connectivity index (χ0v) is 18.3. The predicted octanol–water partition coefficient (Wildman–Crippen LogP) is 3.52. The molecule has 1 N–H and O–H groups in total. The second kappa shape index (κ2) is 10.0. The summed E-state index contributed by atoms with van der Waals surface area (Å²) in [6.07, 6.45) is -5.68. The fourth-order valence-electron chi connectivity index (χ4n) is 3.34. The Balaban J connectivity index is 1.69. The van der Waals surface area contributed by atoms with Gasteiger partial charge in [-0.25, -0.2) is 4.79 Å². The number of rotatable bonds is 8. The lowest BCUT2D eigenvalue weighted by Gasteiger charge is -2.17. The maximum absolute atomic E-state index is 13.1. The predicted molar refractivity (Wildman–Crippen MR) is 113 cm³/mol. The van der Waals surface area contributed by atoms with Crippen LogP contribution in [0.4, 0.5) is 18.9 Å². The summed E-state index contributed by atoms with van der Waals surface area (Å²) in [5.41, 5.74) is -1.45. The van der Waals surface area contributed by atoms with Gasteiger partial charge in [0.25, 0.3) is 17.7 Å². The minimum Gasteiger partial charge on any atom is -0.449 e. The van der Waals surface area contributed by atoms with Gasteiger partial charge in [0.15, 0.2) is 6.10 Å². The van der Waals surface area contributed by atoms with E-state index >= 15 is 0 Å². The summed E-state index contributed by atoms with van der Waals surface area (Å²) in [6, 6.07) is 8.17. The average molecular weight is 478 g/mol. The maximum atomic E-state index is 13.1. The number of nitrogens with one attached hydrogen (secondary N) is 1. The number of para-hydroxylation sites is 1. The van der Waals surface area contributed by atoms with Crippen LogP contribution in [-0.4, -0.2) is 55.0 Å². The highest BCUT2D eigenvalue weighted by Gasteiger charge is 2.36. The molecule has 0 aromatic heterocycles. The number of hydrogen-bond donors (Lipinski definition) is 1. The molecule has 1 aliphatic rings. The number of hydrogen-bond acceptors (Lipinski definition) is 6. The molecular weight excluding hydrogens is 457 g/mol. The molecule has 0 aliphatic carbocycles. The van der Waals surface area contributed by atoms with Crippen molar-refractivity contribution >= 4 is 29.4 Å². The van der Waals surface area contributed by atoms with Gasteiger partial charge in [-0.2, -0.15) is 13.2 Å². The third-order valence-corrected chi connectivity index (χ3v) is 5.08. The Labute approximate surface area is 192 Å². The highest BCUT2D eigenvalue weighted by atomic mass is 19.4. The lowest BCUT2D eigenvalue weighted by molar-refractivity contribution is -0.137. The molecule has 34 heavy (non-hydrogen) atoms. The first-order valence-electron chi connectivity index (χ1n) is 10.2. The minimum atomic E-state index is -4.68. The van der Waals surface area contributed by atoms with E-state index in [1.54, 1.807) is 0 Å². The summed E-state index contributed by atoms with van der Waals surface area (Å²) in [7, 11) is 1.50. The van der Waals surface area contributed by atoms with Crippen LogP contribution in [0.2, 0.25) is 0 Å².